The van der Waals surface area contributed by atoms with Crippen LogP contribution in [0, 0.1) is 13.8 Å². The Morgan fingerprint density at radius 3 is 2.47 bits per heavy atom. The van der Waals surface area contributed by atoms with Gasteiger partial charge < -0.3 is 15.7 Å². The number of thiocarbonyl (C=S) groups is 1. The first-order valence-electron chi connectivity index (χ1n) is 6.87. The Morgan fingerprint density at radius 1 is 1.16 bits per heavy atom. The van der Waals surface area contributed by atoms with Crippen molar-refractivity contribution < 1.29 is 5.11 Å². The van der Waals surface area contributed by atoms with E-state index < -0.39 is 0 Å². The lowest BCUT2D eigenvalue weighted by Crippen LogP contribution is -2.40. The molecule has 104 valence electrons. The van der Waals surface area contributed by atoms with Crippen LogP contribution < -0.4 is 10.6 Å². The second kappa shape index (κ2) is 6.35. The van der Waals surface area contributed by atoms with E-state index in [-0.39, 0.29) is 6.10 Å². The fourth-order valence-electron chi connectivity index (χ4n) is 2.39. The first-order chi connectivity index (χ1) is 9.04. The standard InChI is InChI=1S/C15H22N2OS/c1-10-3-4-13(9-11(10)2)17-15(19)16-12-5-7-14(18)8-6-12/h3-4,9,12,14,18H,5-8H2,1-2H3,(H2,16,17,19). The van der Waals surface area contributed by atoms with E-state index >= 15 is 0 Å². The van der Waals surface area contributed by atoms with E-state index in [1.54, 1.807) is 0 Å². The molecule has 2 rings (SSSR count). The molecule has 3 nitrogen and oxygen atoms in total. The van der Waals surface area contributed by atoms with E-state index in [0.29, 0.717) is 11.2 Å². The van der Waals surface area contributed by atoms with Crippen molar-refractivity contribution in [2.75, 3.05) is 5.32 Å². The molecule has 0 atom stereocenters. The van der Waals surface area contributed by atoms with Crippen LogP contribution in [-0.4, -0.2) is 22.4 Å². The first kappa shape index (κ1) is 14.3. The van der Waals surface area contributed by atoms with Gasteiger partial charge in [-0.25, -0.2) is 0 Å². The molecule has 1 aliphatic rings. The molecule has 0 aromatic heterocycles. The van der Waals surface area contributed by atoms with Gasteiger partial charge in [-0.2, -0.15) is 0 Å². The minimum absolute atomic E-state index is 0.126. The predicted octanol–water partition coefficient (Wildman–Crippen LogP) is 2.89. The van der Waals surface area contributed by atoms with Crippen LogP contribution in [0.2, 0.25) is 0 Å². The Labute approximate surface area is 120 Å². The molecule has 0 amide bonds. The Hall–Kier alpha value is -1.13. The molecule has 0 spiro atoms. The zero-order valence-electron chi connectivity index (χ0n) is 11.6. The number of benzene rings is 1. The number of nitrogens with one attached hydrogen (secondary N) is 2. The van der Waals surface area contributed by atoms with E-state index in [4.69, 9.17) is 12.2 Å². The third-order valence-corrected chi connectivity index (χ3v) is 4.02. The molecule has 1 aromatic carbocycles. The number of hydrogen-bond acceptors (Lipinski definition) is 2. The second-order valence-electron chi connectivity index (χ2n) is 5.40. The molecule has 0 aliphatic heterocycles. The van der Waals surface area contributed by atoms with Crippen molar-refractivity contribution >= 4 is 23.0 Å². The van der Waals surface area contributed by atoms with Crippen LogP contribution in [0.15, 0.2) is 18.2 Å². The number of aryl methyl sites for hydroxylation is 2. The van der Waals surface area contributed by atoms with Crippen LogP contribution in [0.25, 0.3) is 0 Å². The number of rotatable bonds is 2. The predicted molar refractivity (Wildman–Crippen MR) is 83.5 cm³/mol. The normalized spacial score (nSPS) is 22.9. The molecule has 0 heterocycles. The summed E-state index contributed by atoms with van der Waals surface area (Å²) in [7, 11) is 0. The van der Waals surface area contributed by atoms with E-state index in [2.05, 4.69) is 36.6 Å². The number of hydrogen-bond donors (Lipinski definition) is 3. The van der Waals surface area contributed by atoms with E-state index in [1.165, 1.54) is 11.1 Å². The summed E-state index contributed by atoms with van der Waals surface area (Å²) in [4.78, 5) is 0. The molecule has 1 aliphatic carbocycles. The summed E-state index contributed by atoms with van der Waals surface area (Å²) in [5.41, 5.74) is 3.57. The number of aliphatic hydroxyl groups is 1. The Balaban J connectivity index is 1.85. The summed E-state index contributed by atoms with van der Waals surface area (Å²) in [6.07, 6.45) is 3.57. The van der Waals surface area contributed by atoms with Gasteiger partial charge in [-0.05, 0) is 75.0 Å². The van der Waals surface area contributed by atoms with Gasteiger partial charge in [0.2, 0.25) is 0 Å². The maximum atomic E-state index is 9.48. The monoisotopic (exact) mass is 278 g/mol. The molecule has 0 saturated heterocycles. The van der Waals surface area contributed by atoms with E-state index in [0.717, 1.165) is 31.4 Å². The van der Waals surface area contributed by atoms with Crippen LogP contribution in [0.5, 0.6) is 0 Å². The van der Waals surface area contributed by atoms with Crippen LogP contribution in [0.4, 0.5) is 5.69 Å². The van der Waals surface area contributed by atoms with Gasteiger partial charge >= 0.3 is 0 Å². The van der Waals surface area contributed by atoms with Crippen molar-refractivity contribution in [3.63, 3.8) is 0 Å². The maximum Gasteiger partial charge on any atom is 0.170 e. The number of aliphatic hydroxyl groups excluding tert-OH is 1. The van der Waals surface area contributed by atoms with Gasteiger partial charge in [0.15, 0.2) is 5.11 Å². The van der Waals surface area contributed by atoms with Gasteiger partial charge in [0.05, 0.1) is 6.10 Å². The summed E-state index contributed by atoms with van der Waals surface area (Å²) in [6.45, 7) is 4.20. The second-order valence-corrected chi connectivity index (χ2v) is 5.81. The molecule has 1 aromatic rings. The van der Waals surface area contributed by atoms with E-state index in [1.807, 2.05) is 6.07 Å². The van der Waals surface area contributed by atoms with Crippen molar-refractivity contribution in [2.24, 2.45) is 0 Å². The van der Waals surface area contributed by atoms with Crippen LogP contribution in [0.3, 0.4) is 0 Å². The van der Waals surface area contributed by atoms with Crippen molar-refractivity contribution in [3.8, 4) is 0 Å². The zero-order chi connectivity index (χ0) is 13.8. The zero-order valence-corrected chi connectivity index (χ0v) is 12.4. The smallest absolute Gasteiger partial charge is 0.170 e. The highest BCUT2D eigenvalue weighted by Crippen LogP contribution is 2.19. The number of anilines is 1. The third kappa shape index (κ3) is 4.18. The molecule has 0 bridgehead atoms. The summed E-state index contributed by atoms with van der Waals surface area (Å²) < 4.78 is 0. The molecule has 19 heavy (non-hydrogen) atoms. The van der Waals surface area contributed by atoms with Crippen LogP contribution >= 0.6 is 12.2 Å². The largest absolute Gasteiger partial charge is 0.393 e. The Bertz CT molecular complexity index is 453. The molecule has 3 N–H and O–H groups in total. The van der Waals surface area contributed by atoms with Crippen molar-refractivity contribution in [1.29, 1.82) is 0 Å². The van der Waals surface area contributed by atoms with Gasteiger partial charge in [-0.3, -0.25) is 0 Å². The lowest BCUT2D eigenvalue weighted by Gasteiger charge is -2.27. The van der Waals surface area contributed by atoms with Crippen molar-refractivity contribution in [3.05, 3.63) is 29.3 Å². The highest BCUT2D eigenvalue weighted by Gasteiger charge is 2.19. The summed E-state index contributed by atoms with van der Waals surface area (Å²) in [6, 6.07) is 6.63. The quantitative estimate of drug-likeness (QED) is 0.728. The summed E-state index contributed by atoms with van der Waals surface area (Å²) in [5.74, 6) is 0. The fourth-order valence-corrected chi connectivity index (χ4v) is 2.68. The summed E-state index contributed by atoms with van der Waals surface area (Å²) >= 11 is 5.34. The maximum absolute atomic E-state index is 9.48. The van der Waals surface area contributed by atoms with Crippen molar-refractivity contribution in [2.45, 2.75) is 51.7 Å². The van der Waals surface area contributed by atoms with Crippen LogP contribution in [-0.2, 0) is 0 Å². The molecule has 1 saturated carbocycles. The van der Waals surface area contributed by atoms with Gasteiger partial charge in [0.25, 0.3) is 0 Å². The van der Waals surface area contributed by atoms with Gasteiger partial charge in [0.1, 0.15) is 0 Å². The lowest BCUT2D eigenvalue weighted by molar-refractivity contribution is 0.120. The fraction of sp³-hybridized carbons (Fsp3) is 0.533. The highest BCUT2D eigenvalue weighted by atomic mass is 32.1. The molecular formula is C15H22N2OS. The average molecular weight is 278 g/mol. The van der Waals surface area contributed by atoms with Gasteiger partial charge in [-0.1, -0.05) is 6.07 Å². The topological polar surface area (TPSA) is 44.3 Å². The molecule has 0 radical (unpaired) electrons. The highest BCUT2D eigenvalue weighted by molar-refractivity contribution is 7.80. The lowest BCUT2D eigenvalue weighted by atomic mass is 9.93. The van der Waals surface area contributed by atoms with Crippen molar-refractivity contribution in [1.82, 2.24) is 5.32 Å². The molecular weight excluding hydrogens is 256 g/mol. The minimum Gasteiger partial charge on any atom is -0.393 e. The van der Waals surface area contributed by atoms with E-state index in [9.17, 15) is 5.11 Å². The molecule has 4 heteroatoms. The first-order valence-corrected chi connectivity index (χ1v) is 7.28. The SMILES string of the molecule is Cc1ccc(NC(=S)NC2CCC(O)CC2)cc1C. The average Bonchev–Trinajstić information content (AvgIpc) is 2.37. The Morgan fingerprint density at radius 2 is 1.84 bits per heavy atom. The third-order valence-electron chi connectivity index (χ3n) is 3.80. The minimum atomic E-state index is -0.126. The molecule has 0 unspecified atom stereocenters. The van der Waals surface area contributed by atoms with Crippen LogP contribution in [0.1, 0.15) is 36.8 Å². The molecule has 1 fully saturated rings. The van der Waals surface area contributed by atoms with Gasteiger partial charge in [-0.15, -0.1) is 0 Å². The Kier molecular flexibility index (Phi) is 4.77. The van der Waals surface area contributed by atoms with Gasteiger partial charge in [0, 0.05) is 11.7 Å². The summed E-state index contributed by atoms with van der Waals surface area (Å²) in [5, 5.41) is 16.7.